The molecule has 0 aliphatic heterocycles. The molecule has 0 atom stereocenters. The second-order valence-electron chi connectivity index (χ2n) is 3.25. The van der Waals surface area contributed by atoms with Crippen molar-refractivity contribution in [3.63, 3.8) is 0 Å². The predicted molar refractivity (Wildman–Crippen MR) is 68.1 cm³/mol. The number of benzene rings is 2. The minimum absolute atomic E-state index is 0.800. The smallest absolute Gasteiger partial charge is 0.180 e. The Bertz CT molecular complexity index is 431. The third-order valence-electron chi connectivity index (χ3n) is 2.08. The zero-order valence-electron chi connectivity index (χ0n) is 8.76. The van der Waals surface area contributed by atoms with E-state index in [9.17, 15) is 0 Å². The van der Waals surface area contributed by atoms with Crippen molar-refractivity contribution in [2.75, 3.05) is 5.23 Å². The standard InChI is InChI=1S/C12H10B2NO/c13-14-15-10-6-8-12(9-7-10)16-11-4-2-1-3-5-11/h1-9,15H. The Balaban J connectivity index is 2.05. The molecule has 2 nitrogen and oxygen atoms in total. The van der Waals surface area contributed by atoms with Gasteiger partial charge in [-0.1, -0.05) is 18.2 Å². The van der Waals surface area contributed by atoms with E-state index in [1.807, 2.05) is 54.6 Å². The first kappa shape index (κ1) is 10.7. The van der Waals surface area contributed by atoms with E-state index < -0.39 is 0 Å². The molecule has 4 heteroatoms. The number of hydrogen-bond acceptors (Lipinski definition) is 2. The maximum absolute atomic E-state index is 5.64. The van der Waals surface area contributed by atoms with Crippen LogP contribution in [0.15, 0.2) is 54.6 Å². The number of ether oxygens (including phenoxy) is 1. The Morgan fingerprint density at radius 2 is 1.50 bits per heavy atom. The van der Waals surface area contributed by atoms with Crippen LogP contribution in [0.5, 0.6) is 11.5 Å². The average Bonchev–Trinajstić information content (AvgIpc) is 2.33. The van der Waals surface area contributed by atoms with Crippen LogP contribution in [0.25, 0.3) is 0 Å². The number of para-hydroxylation sites is 1. The quantitative estimate of drug-likeness (QED) is 0.776. The molecule has 0 bridgehead atoms. The Hall–Kier alpha value is -1.83. The van der Waals surface area contributed by atoms with Crippen molar-refractivity contribution in [2.45, 2.75) is 0 Å². The Kier molecular flexibility index (Phi) is 3.54. The molecule has 16 heavy (non-hydrogen) atoms. The molecular weight excluding hydrogens is 196 g/mol. The first-order valence-electron chi connectivity index (χ1n) is 5.01. The Morgan fingerprint density at radius 1 is 0.875 bits per heavy atom. The molecule has 0 unspecified atom stereocenters. The maximum atomic E-state index is 5.64. The van der Waals surface area contributed by atoms with Crippen molar-refractivity contribution in [2.24, 2.45) is 0 Å². The van der Waals surface area contributed by atoms with Crippen LogP contribution in [-0.2, 0) is 0 Å². The predicted octanol–water partition coefficient (Wildman–Crippen LogP) is 2.59. The molecular formula is C12H10B2NO. The van der Waals surface area contributed by atoms with Gasteiger partial charge < -0.3 is 9.96 Å². The van der Waals surface area contributed by atoms with Crippen LogP contribution in [0.2, 0.25) is 0 Å². The molecule has 0 fully saturated rings. The normalized spacial score (nSPS) is 9.50. The molecule has 0 aromatic heterocycles. The molecule has 2 aromatic rings. The highest BCUT2D eigenvalue weighted by molar-refractivity contribution is 6.91. The van der Waals surface area contributed by atoms with Crippen molar-refractivity contribution in [1.82, 2.24) is 0 Å². The van der Waals surface area contributed by atoms with Crippen LogP contribution in [-0.4, -0.2) is 15.0 Å². The van der Waals surface area contributed by atoms with E-state index in [4.69, 9.17) is 12.5 Å². The highest BCUT2D eigenvalue weighted by atomic mass is 16.5. The van der Waals surface area contributed by atoms with Crippen LogP contribution in [0.3, 0.4) is 0 Å². The zero-order chi connectivity index (χ0) is 11.2. The summed E-state index contributed by atoms with van der Waals surface area (Å²) in [5.41, 5.74) is 0.933. The lowest BCUT2D eigenvalue weighted by atomic mass is 9.67. The molecule has 0 aliphatic carbocycles. The van der Waals surface area contributed by atoms with Gasteiger partial charge in [-0.3, -0.25) is 0 Å². The molecule has 2 aromatic carbocycles. The average molecular weight is 206 g/mol. The van der Waals surface area contributed by atoms with Gasteiger partial charge in [-0.05, 0) is 36.4 Å². The van der Waals surface area contributed by atoms with E-state index in [0.717, 1.165) is 17.2 Å². The van der Waals surface area contributed by atoms with Gasteiger partial charge in [0.1, 0.15) is 11.5 Å². The molecule has 1 N–H and O–H groups in total. The van der Waals surface area contributed by atoms with Crippen LogP contribution < -0.4 is 9.96 Å². The first-order chi connectivity index (χ1) is 7.88. The fourth-order valence-corrected chi connectivity index (χ4v) is 1.34. The van der Waals surface area contributed by atoms with Gasteiger partial charge in [-0.2, -0.15) is 0 Å². The fraction of sp³-hybridized carbons (Fsp3) is 0. The summed E-state index contributed by atoms with van der Waals surface area (Å²) in [5.74, 6) is 1.63. The van der Waals surface area contributed by atoms with E-state index in [2.05, 4.69) is 5.23 Å². The van der Waals surface area contributed by atoms with Crippen LogP contribution >= 0.6 is 0 Å². The summed E-state index contributed by atoms with van der Waals surface area (Å²) >= 11 is 0. The molecule has 75 valence electrons. The Morgan fingerprint density at radius 3 is 2.12 bits per heavy atom. The summed E-state index contributed by atoms with van der Waals surface area (Å²) in [6, 6.07) is 17.3. The van der Waals surface area contributed by atoms with Gasteiger partial charge in [-0.25, -0.2) is 0 Å². The molecule has 0 aliphatic rings. The molecule has 0 saturated heterocycles. The minimum atomic E-state index is 0.800. The zero-order valence-corrected chi connectivity index (χ0v) is 8.76. The lowest BCUT2D eigenvalue weighted by molar-refractivity contribution is 0.483. The maximum Gasteiger partial charge on any atom is 0.180 e. The fourth-order valence-electron chi connectivity index (χ4n) is 1.34. The van der Waals surface area contributed by atoms with E-state index >= 15 is 0 Å². The summed E-state index contributed by atoms with van der Waals surface area (Å²) < 4.78 is 5.64. The lowest BCUT2D eigenvalue weighted by Gasteiger charge is -2.07. The first-order valence-corrected chi connectivity index (χ1v) is 5.01. The van der Waals surface area contributed by atoms with Crippen molar-refractivity contribution >= 4 is 20.7 Å². The Labute approximate surface area is 97.3 Å². The molecule has 0 spiro atoms. The van der Waals surface area contributed by atoms with Crippen LogP contribution in [0, 0.1) is 0 Å². The summed E-state index contributed by atoms with van der Waals surface area (Å²) in [5, 5.41) is 2.90. The molecule has 0 saturated carbocycles. The lowest BCUT2D eigenvalue weighted by Crippen LogP contribution is -2.04. The molecule has 2 rings (SSSR count). The summed E-state index contributed by atoms with van der Waals surface area (Å²) in [6.07, 6.45) is 0. The summed E-state index contributed by atoms with van der Waals surface area (Å²) in [7, 11) is 6.65. The summed E-state index contributed by atoms with van der Waals surface area (Å²) in [6.45, 7) is 0. The third-order valence-corrected chi connectivity index (χ3v) is 2.08. The van der Waals surface area contributed by atoms with Crippen LogP contribution in [0.4, 0.5) is 5.69 Å². The molecule has 0 heterocycles. The van der Waals surface area contributed by atoms with E-state index in [0.29, 0.717) is 0 Å². The highest BCUT2D eigenvalue weighted by Crippen LogP contribution is 2.22. The second kappa shape index (κ2) is 5.31. The third kappa shape index (κ3) is 2.83. The van der Waals surface area contributed by atoms with Gasteiger partial charge in [0.15, 0.2) is 7.31 Å². The largest absolute Gasteiger partial charge is 0.457 e. The van der Waals surface area contributed by atoms with Gasteiger partial charge in [0.05, 0.1) is 0 Å². The number of anilines is 1. The van der Waals surface area contributed by atoms with Crippen molar-refractivity contribution in [1.29, 1.82) is 0 Å². The molecule has 3 radical (unpaired) electrons. The number of rotatable bonds is 4. The van der Waals surface area contributed by atoms with Crippen molar-refractivity contribution < 1.29 is 4.74 Å². The second-order valence-corrected chi connectivity index (χ2v) is 3.25. The van der Waals surface area contributed by atoms with Gasteiger partial charge in [-0.15, -0.1) is 0 Å². The van der Waals surface area contributed by atoms with Crippen molar-refractivity contribution in [3.8, 4) is 11.5 Å². The topological polar surface area (TPSA) is 21.3 Å². The van der Waals surface area contributed by atoms with Gasteiger partial charge in [0, 0.05) is 13.4 Å². The number of nitrogens with one attached hydrogen (secondary N) is 1. The van der Waals surface area contributed by atoms with Crippen molar-refractivity contribution in [3.05, 3.63) is 54.6 Å². The summed E-state index contributed by atoms with van der Waals surface area (Å²) in [4.78, 5) is 0. The van der Waals surface area contributed by atoms with E-state index in [1.54, 1.807) is 0 Å². The van der Waals surface area contributed by atoms with Gasteiger partial charge in [0.25, 0.3) is 0 Å². The van der Waals surface area contributed by atoms with Gasteiger partial charge in [0.2, 0.25) is 0 Å². The number of hydrogen-bond donors (Lipinski definition) is 1. The van der Waals surface area contributed by atoms with E-state index in [1.165, 1.54) is 7.31 Å². The SMILES string of the molecule is [B][B]Nc1ccc(Oc2ccccc2)cc1. The monoisotopic (exact) mass is 206 g/mol. The highest BCUT2D eigenvalue weighted by Gasteiger charge is 1.96. The minimum Gasteiger partial charge on any atom is -0.457 e. The van der Waals surface area contributed by atoms with Crippen LogP contribution in [0.1, 0.15) is 0 Å². The van der Waals surface area contributed by atoms with Gasteiger partial charge >= 0.3 is 0 Å². The van der Waals surface area contributed by atoms with E-state index in [-0.39, 0.29) is 0 Å². The molecule has 0 amide bonds.